The number of sulfone groups is 1. The molecule has 11 nitrogen and oxygen atoms in total. The lowest BCUT2D eigenvalue weighted by Crippen LogP contribution is -2.41. The third-order valence-electron chi connectivity index (χ3n) is 13.2. The molecule has 360 valence electrons. The van der Waals surface area contributed by atoms with Gasteiger partial charge in [-0.3, -0.25) is 14.3 Å². The van der Waals surface area contributed by atoms with Crippen molar-refractivity contribution in [2.24, 2.45) is 5.92 Å². The van der Waals surface area contributed by atoms with E-state index in [1.807, 2.05) is 172 Å². The lowest BCUT2D eigenvalue weighted by molar-refractivity contribution is -0.135. The number of aryl methyl sites for hydroxylation is 1. The Morgan fingerprint density at radius 3 is 1.69 bits per heavy atom. The molecule has 12 heteroatoms. The zero-order chi connectivity index (χ0) is 49.4. The number of rotatable bonds is 20. The van der Waals surface area contributed by atoms with E-state index in [0.29, 0.717) is 18.6 Å². The molecule has 2 aromatic heterocycles. The largest absolute Gasteiger partial charge is 0.497 e. The molecule has 2 N–H and O–H groups in total. The molecule has 0 aliphatic rings. The van der Waals surface area contributed by atoms with Crippen LogP contribution >= 0.6 is 0 Å². The van der Waals surface area contributed by atoms with Crippen molar-refractivity contribution in [3.8, 4) is 11.5 Å². The van der Waals surface area contributed by atoms with Crippen LogP contribution in [0.2, 0.25) is 0 Å². The molecule has 2 heterocycles. The molecule has 2 atom stereocenters. The average molecular weight is 964 g/mol. The van der Waals surface area contributed by atoms with E-state index in [1.54, 1.807) is 37.2 Å². The number of fused-ring (bicyclic) bond motifs is 1. The molecular weight excluding hydrogens is 907 g/mol. The molecule has 0 saturated heterocycles. The van der Waals surface area contributed by atoms with Crippen molar-refractivity contribution in [2.75, 3.05) is 25.3 Å². The second-order valence-electron chi connectivity index (χ2n) is 18.2. The molecule has 0 spiro atoms. The van der Waals surface area contributed by atoms with Crippen molar-refractivity contribution in [3.63, 3.8) is 0 Å². The molecule has 0 amide bonds. The SMILES string of the molecule is COc1ccc(CC(CC(C)(OC(c2ccccc2)c2ccccc2)n2cnc3c(=O)[nH]c(NC(Cc4ccc(OC)cc4)(c4ccccc4)c4ccccc4)nc32)CS(=O)(=O)c2ccc(C)cc2)cc1. The fourth-order valence-electron chi connectivity index (χ4n) is 9.59. The monoisotopic (exact) mass is 963 g/mol. The Morgan fingerprint density at radius 2 is 1.17 bits per heavy atom. The second-order valence-corrected chi connectivity index (χ2v) is 20.2. The van der Waals surface area contributed by atoms with Crippen molar-refractivity contribution in [1.82, 2.24) is 19.5 Å². The topological polar surface area (TPSA) is 137 Å². The summed E-state index contributed by atoms with van der Waals surface area (Å²) in [5.41, 5.74) is 4.09. The van der Waals surface area contributed by atoms with E-state index in [0.717, 1.165) is 44.7 Å². The summed E-state index contributed by atoms with van der Waals surface area (Å²) < 4.78 is 49.5. The van der Waals surface area contributed by atoms with E-state index >= 15 is 0 Å². The first-order chi connectivity index (χ1) is 34.4. The number of nitrogens with one attached hydrogen (secondary N) is 2. The van der Waals surface area contributed by atoms with E-state index in [9.17, 15) is 13.2 Å². The molecule has 0 bridgehead atoms. The highest BCUT2D eigenvalue weighted by Gasteiger charge is 2.40. The predicted octanol–water partition coefficient (Wildman–Crippen LogP) is 11.2. The number of imidazole rings is 1. The summed E-state index contributed by atoms with van der Waals surface area (Å²) in [6, 6.07) is 62.7. The highest BCUT2D eigenvalue weighted by Crippen LogP contribution is 2.41. The highest BCUT2D eigenvalue weighted by molar-refractivity contribution is 7.91. The normalized spacial score (nSPS) is 13.1. The smallest absolute Gasteiger partial charge is 0.280 e. The van der Waals surface area contributed by atoms with Crippen LogP contribution in [0.3, 0.4) is 0 Å². The number of nitrogens with zero attached hydrogens (tertiary/aromatic N) is 3. The van der Waals surface area contributed by atoms with Crippen molar-refractivity contribution in [1.29, 1.82) is 0 Å². The summed E-state index contributed by atoms with van der Waals surface area (Å²) >= 11 is 0. The number of H-pyrrole nitrogens is 1. The molecule has 7 aromatic carbocycles. The van der Waals surface area contributed by atoms with Crippen LogP contribution in [0.4, 0.5) is 5.95 Å². The van der Waals surface area contributed by atoms with Gasteiger partial charge in [0.2, 0.25) is 5.95 Å². The molecule has 9 aromatic rings. The third kappa shape index (κ3) is 10.8. The molecule has 0 fully saturated rings. The minimum absolute atomic E-state index is 0.0977. The van der Waals surface area contributed by atoms with Crippen molar-refractivity contribution in [3.05, 3.63) is 250 Å². The van der Waals surface area contributed by atoms with Gasteiger partial charge < -0.3 is 19.5 Å². The number of benzene rings is 7. The maximum Gasteiger partial charge on any atom is 0.280 e. The Morgan fingerprint density at radius 1 is 0.662 bits per heavy atom. The van der Waals surface area contributed by atoms with Crippen molar-refractivity contribution >= 4 is 26.9 Å². The molecule has 71 heavy (non-hydrogen) atoms. The average Bonchev–Trinajstić information content (AvgIpc) is 3.85. The quantitative estimate of drug-likeness (QED) is 0.0765. The Bertz CT molecular complexity index is 3260. The molecule has 0 saturated carbocycles. The third-order valence-corrected chi connectivity index (χ3v) is 15.1. The zero-order valence-corrected chi connectivity index (χ0v) is 41.1. The van der Waals surface area contributed by atoms with E-state index < -0.39 is 38.7 Å². The maximum absolute atomic E-state index is 14.6. The molecular formula is C59H57N5O6S. The Balaban J connectivity index is 1.22. The lowest BCUT2D eigenvalue weighted by atomic mass is 9.78. The van der Waals surface area contributed by atoms with Crippen LogP contribution in [0.15, 0.2) is 210 Å². The molecule has 9 rings (SSSR count). The molecule has 2 unspecified atom stereocenters. The van der Waals surface area contributed by atoms with Gasteiger partial charge in [-0.05, 0) is 102 Å². The lowest BCUT2D eigenvalue weighted by Gasteiger charge is -2.39. The van der Waals surface area contributed by atoms with Crippen LogP contribution in [0, 0.1) is 12.8 Å². The first kappa shape index (κ1) is 48.2. The first-order valence-corrected chi connectivity index (χ1v) is 25.3. The summed E-state index contributed by atoms with van der Waals surface area (Å²) in [5.74, 6) is 0.905. The molecule has 0 aliphatic heterocycles. The van der Waals surface area contributed by atoms with Crippen LogP contribution in [-0.4, -0.2) is 47.9 Å². The van der Waals surface area contributed by atoms with Crippen LogP contribution in [0.25, 0.3) is 11.2 Å². The van der Waals surface area contributed by atoms with E-state index in [1.165, 1.54) is 0 Å². The van der Waals surface area contributed by atoms with Gasteiger partial charge in [-0.25, -0.2) is 13.4 Å². The Kier molecular flexibility index (Phi) is 14.3. The standard InChI is InChI=1S/C59H57N5O6S/c1-42-25-35-52(36-26-42)71(66,67)40-45(37-43-27-31-50(68-3)32-28-43)38-58(2,70-54(46-17-9-5-10-18-46)47-19-11-6-12-20-47)64-41-60-53-55(64)61-57(62-56(53)65)63-59(48-21-13-7-14-22-48,49-23-15-8-16-24-49)39-44-29-33-51(69-4)34-30-44/h5-36,41,45,54H,37-40H2,1-4H3,(H2,61,62,63,65). The van der Waals surface area contributed by atoms with Gasteiger partial charge in [0.1, 0.15) is 23.3 Å². The summed E-state index contributed by atoms with van der Waals surface area (Å²) in [6.45, 7) is 3.87. The van der Waals surface area contributed by atoms with Gasteiger partial charge in [-0.2, -0.15) is 4.98 Å². The molecule has 0 aliphatic carbocycles. The van der Waals surface area contributed by atoms with Gasteiger partial charge in [-0.1, -0.05) is 163 Å². The summed E-state index contributed by atoms with van der Waals surface area (Å²) in [4.78, 5) is 27.8. The Labute approximate surface area is 415 Å². The number of hydrogen-bond donors (Lipinski definition) is 2. The summed E-state index contributed by atoms with van der Waals surface area (Å²) in [6.07, 6.45) is 1.96. The van der Waals surface area contributed by atoms with Crippen LogP contribution < -0.4 is 20.3 Å². The van der Waals surface area contributed by atoms with Crippen LogP contribution in [0.5, 0.6) is 11.5 Å². The van der Waals surface area contributed by atoms with Gasteiger partial charge in [0, 0.05) is 6.42 Å². The number of aromatic nitrogens is 4. The maximum atomic E-state index is 14.6. The van der Waals surface area contributed by atoms with E-state index in [-0.39, 0.29) is 34.2 Å². The fraction of sp³-hybridized carbons (Fsp3) is 0.203. The Hall–Kier alpha value is -7.80. The highest BCUT2D eigenvalue weighted by atomic mass is 32.2. The van der Waals surface area contributed by atoms with E-state index in [2.05, 4.69) is 34.6 Å². The van der Waals surface area contributed by atoms with E-state index in [4.69, 9.17) is 24.2 Å². The predicted molar refractivity (Wildman–Crippen MR) is 280 cm³/mol. The first-order valence-electron chi connectivity index (χ1n) is 23.7. The van der Waals surface area contributed by atoms with Gasteiger partial charge in [-0.15, -0.1) is 0 Å². The van der Waals surface area contributed by atoms with Crippen molar-refractivity contribution < 1.29 is 22.6 Å². The van der Waals surface area contributed by atoms with Gasteiger partial charge in [0.25, 0.3) is 5.56 Å². The number of aromatic amines is 1. The fourth-order valence-corrected chi connectivity index (χ4v) is 11.2. The van der Waals surface area contributed by atoms with Gasteiger partial charge in [0.05, 0.1) is 36.7 Å². The second kappa shape index (κ2) is 21.1. The minimum Gasteiger partial charge on any atom is -0.497 e. The van der Waals surface area contributed by atoms with Crippen LogP contribution in [0.1, 0.15) is 58.4 Å². The number of hydrogen-bond acceptors (Lipinski definition) is 9. The number of methoxy groups -OCH3 is 2. The molecule has 0 radical (unpaired) electrons. The van der Waals surface area contributed by atoms with Crippen LogP contribution in [-0.2, 0) is 38.7 Å². The minimum atomic E-state index is -3.83. The van der Waals surface area contributed by atoms with Crippen molar-refractivity contribution in [2.45, 2.75) is 55.4 Å². The number of ether oxygens (including phenoxy) is 3. The van der Waals surface area contributed by atoms with Gasteiger partial charge in [0.15, 0.2) is 21.0 Å². The van der Waals surface area contributed by atoms with Gasteiger partial charge >= 0.3 is 0 Å². The summed E-state index contributed by atoms with van der Waals surface area (Å²) in [7, 11) is -0.575. The zero-order valence-electron chi connectivity index (χ0n) is 40.2. The number of anilines is 1. The summed E-state index contributed by atoms with van der Waals surface area (Å²) in [5, 5.41) is 3.76.